The van der Waals surface area contributed by atoms with E-state index in [0.717, 1.165) is 0 Å². The lowest BCUT2D eigenvalue weighted by Gasteiger charge is -2.07. The van der Waals surface area contributed by atoms with Crippen LogP contribution in [0.5, 0.6) is 5.75 Å². The molecule has 0 aliphatic heterocycles. The zero-order valence-corrected chi connectivity index (χ0v) is 11.0. The first kappa shape index (κ1) is 14.0. The SMILES string of the molecule is COc1cccc(S(=O)(=O)CCCC(C)N)c1. The van der Waals surface area contributed by atoms with Crippen molar-refractivity contribution in [2.45, 2.75) is 30.7 Å². The molecule has 0 spiro atoms. The number of ether oxygens (including phenoxy) is 1. The third kappa shape index (κ3) is 4.36. The average molecular weight is 257 g/mol. The van der Waals surface area contributed by atoms with Crippen molar-refractivity contribution in [1.29, 1.82) is 0 Å². The van der Waals surface area contributed by atoms with E-state index in [1.54, 1.807) is 24.3 Å². The van der Waals surface area contributed by atoms with Crippen molar-refractivity contribution in [3.8, 4) is 5.75 Å². The molecule has 4 nitrogen and oxygen atoms in total. The number of hydrogen-bond acceptors (Lipinski definition) is 4. The Morgan fingerprint density at radius 1 is 1.41 bits per heavy atom. The second-order valence-corrected chi connectivity index (χ2v) is 6.23. The van der Waals surface area contributed by atoms with E-state index in [-0.39, 0.29) is 11.8 Å². The Kier molecular flexibility index (Phi) is 4.96. The molecule has 2 N–H and O–H groups in total. The summed E-state index contributed by atoms with van der Waals surface area (Å²) in [6.07, 6.45) is 1.29. The summed E-state index contributed by atoms with van der Waals surface area (Å²) < 4.78 is 29.0. The number of hydrogen-bond donors (Lipinski definition) is 1. The van der Waals surface area contributed by atoms with Crippen molar-refractivity contribution >= 4 is 9.84 Å². The van der Waals surface area contributed by atoms with Crippen LogP contribution < -0.4 is 10.5 Å². The van der Waals surface area contributed by atoms with Crippen LogP contribution in [0.25, 0.3) is 0 Å². The fraction of sp³-hybridized carbons (Fsp3) is 0.500. The van der Waals surface area contributed by atoms with E-state index in [1.165, 1.54) is 7.11 Å². The van der Waals surface area contributed by atoms with Gasteiger partial charge >= 0.3 is 0 Å². The van der Waals surface area contributed by atoms with Gasteiger partial charge in [-0.25, -0.2) is 8.42 Å². The lowest BCUT2D eigenvalue weighted by atomic mass is 10.2. The fourth-order valence-corrected chi connectivity index (χ4v) is 2.87. The number of nitrogens with two attached hydrogens (primary N) is 1. The number of rotatable bonds is 6. The van der Waals surface area contributed by atoms with Gasteiger partial charge in [-0.15, -0.1) is 0 Å². The summed E-state index contributed by atoms with van der Waals surface area (Å²) in [6.45, 7) is 1.87. The summed E-state index contributed by atoms with van der Waals surface area (Å²) in [5, 5.41) is 0. The third-order valence-corrected chi connectivity index (χ3v) is 4.27. The van der Waals surface area contributed by atoms with E-state index in [4.69, 9.17) is 10.5 Å². The van der Waals surface area contributed by atoms with Gasteiger partial charge in [0.05, 0.1) is 17.8 Å². The number of sulfone groups is 1. The highest BCUT2D eigenvalue weighted by atomic mass is 32.2. The highest BCUT2D eigenvalue weighted by Crippen LogP contribution is 2.19. The molecule has 1 atom stereocenters. The smallest absolute Gasteiger partial charge is 0.178 e. The van der Waals surface area contributed by atoms with Crippen LogP contribution in [0.1, 0.15) is 19.8 Å². The monoisotopic (exact) mass is 257 g/mol. The van der Waals surface area contributed by atoms with Crippen molar-refractivity contribution in [3.63, 3.8) is 0 Å². The van der Waals surface area contributed by atoms with Gasteiger partial charge in [0.25, 0.3) is 0 Å². The van der Waals surface area contributed by atoms with Gasteiger partial charge in [0.2, 0.25) is 0 Å². The topological polar surface area (TPSA) is 69.4 Å². The molecule has 0 bridgehead atoms. The minimum atomic E-state index is -3.22. The highest BCUT2D eigenvalue weighted by molar-refractivity contribution is 7.91. The molecule has 0 aliphatic carbocycles. The Labute approximate surface area is 103 Å². The van der Waals surface area contributed by atoms with Crippen LogP contribution in [0.3, 0.4) is 0 Å². The van der Waals surface area contributed by atoms with Crippen LogP contribution in [-0.4, -0.2) is 27.3 Å². The quantitative estimate of drug-likeness (QED) is 0.840. The van der Waals surface area contributed by atoms with E-state index < -0.39 is 9.84 Å². The van der Waals surface area contributed by atoms with Crippen LogP contribution in [0.4, 0.5) is 0 Å². The van der Waals surface area contributed by atoms with Gasteiger partial charge in [-0.05, 0) is 38.0 Å². The van der Waals surface area contributed by atoms with Gasteiger partial charge < -0.3 is 10.5 Å². The van der Waals surface area contributed by atoms with E-state index in [1.807, 2.05) is 6.92 Å². The zero-order chi connectivity index (χ0) is 12.9. The van der Waals surface area contributed by atoms with Crippen molar-refractivity contribution in [2.75, 3.05) is 12.9 Å². The first-order valence-electron chi connectivity index (χ1n) is 5.58. The molecule has 1 aromatic carbocycles. The summed E-state index contributed by atoms with van der Waals surface area (Å²) in [5.41, 5.74) is 5.59. The Hall–Kier alpha value is -1.07. The molecule has 0 aromatic heterocycles. The molecular formula is C12H19NO3S. The predicted molar refractivity (Wildman–Crippen MR) is 67.9 cm³/mol. The molecule has 0 heterocycles. The summed E-state index contributed by atoms with van der Waals surface area (Å²) in [6, 6.07) is 6.57. The van der Waals surface area contributed by atoms with Gasteiger partial charge in [0.15, 0.2) is 9.84 Å². The minimum absolute atomic E-state index is 0.0375. The van der Waals surface area contributed by atoms with Crippen LogP contribution in [0.2, 0.25) is 0 Å². The average Bonchev–Trinajstić information content (AvgIpc) is 2.28. The van der Waals surface area contributed by atoms with Crippen LogP contribution in [-0.2, 0) is 9.84 Å². The zero-order valence-electron chi connectivity index (χ0n) is 10.2. The molecule has 0 amide bonds. The van der Waals surface area contributed by atoms with Crippen molar-refractivity contribution in [1.82, 2.24) is 0 Å². The Morgan fingerprint density at radius 3 is 2.71 bits per heavy atom. The third-order valence-electron chi connectivity index (χ3n) is 2.47. The Bertz CT molecular complexity index is 455. The van der Waals surface area contributed by atoms with Crippen LogP contribution >= 0.6 is 0 Å². The number of methoxy groups -OCH3 is 1. The molecule has 0 fully saturated rings. The van der Waals surface area contributed by atoms with Crippen molar-refractivity contribution < 1.29 is 13.2 Å². The second-order valence-electron chi connectivity index (χ2n) is 4.12. The predicted octanol–water partition coefficient (Wildman–Crippen LogP) is 1.60. The summed E-state index contributed by atoms with van der Waals surface area (Å²) >= 11 is 0. The van der Waals surface area contributed by atoms with Gasteiger partial charge in [-0.2, -0.15) is 0 Å². The highest BCUT2D eigenvalue weighted by Gasteiger charge is 2.14. The molecule has 1 unspecified atom stereocenters. The molecule has 17 heavy (non-hydrogen) atoms. The standard InChI is InChI=1S/C12H19NO3S/c1-10(13)5-4-8-17(14,15)12-7-3-6-11(9-12)16-2/h3,6-7,9-10H,4-5,8,13H2,1-2H3. The normalized spacial score (nSPS) is 13.4. The molecule has 0 aliphatic rings. The molecule has 5 heteroatoms. The van der Waals surface area contributed by atoms with Gasteiger partial charge in [0, 0.05) is 6.04 Å². The lowest BCUT2D eigenvalue weighted by molar-refractivity contribution is 0.413. The number of benzene rings is 1. The van der Waals surface area contributed by atoms with Crippen molar-refractivity contribution in [3.05, 3.63) is 24.3 Å². The summed E-state index contributed by atoms with van der Waals surface area (Å²) in [5.74, 6) is 0.681. The molecule has 1 rings (SSSR count). The molecule has 1 aromatic rings. The Morgan fingerprint density at radius 2 is 2.12 bits per heavy atom. The van der Waals surface area contributed by atoms with Gasteiger partial charge in [-0.1, -0.05) is 6.07 Å². The van der Waals surface area contributed by atoms with E-state index in [2.05, 4.69) is 0 Å². The van der Waals surface area contributed by atoms with E-state index >= 15 is 0 Å². The van der Waals surface area contributed by atoms with Crippen molar-refractivity contribution in [2.24, 2.45) is 5.73 Å². The summed E-state index contributed by atoms with van der Waals surface area (Å²) in [7, 11) is -1.71. The summed E-state index contributed by atoms with van der Waals surface area (Å²) in [4.78, 5) is 0.307. The molecule has 0 radical (unpaired) electrons. The van der Waals surface area contributed by atoms with Gasteiger partial charge in [-0.3, -0.25) is 0 Å². The van der Waals surface area contributed by atoms with Gasteiger partial charge in [0.1, 0.15) is 5.75 Å². The van der Waals surface area contributed by atoms with E-state index in [9.17, 15) is 8.42 Å². The van der Waals surface area contributed by atoms with Crippen LogP contribution in [0.15, 0.2) is 29.2 Å². The molecule has 96 valence electrons. The first-order valence-corrected chi connectivity index (χ1v) is 7.23. The molecule has 0 saturated heterocycles. The maximum absolute atomic E-state index is 12.0. The maximum Gasteiger partial charge on any atom is 0.178 e. The lowest BCUT2D eigenvalue weighted by Crippen LogP contribution is -2.16. The largest absolute Gasteiger partial charge is 0.497 e. The Balaban J connectivity index is 2.75. The second kappa shape index (κ2) is 6.02. The van der Waals surface area contributed by atoms with E-state index in [0.29, 0.717) is 23.5 Å². The van der Waals surface area contributed by atoms with Crippen LogP contribution in [0, 0.1) is 0 Å². The first-order chi connectivity index (χ1) is 7.95. The maximum atomic E-state index is 12.0. The molecule has 0 saturated carbocycles. The minimum Gasteiger partial charge on any atom is -0.497 e. The fourth-order valence-electron chi connectivity index (χ4n) is 1.51. The molecular weight excluding hydrogens is 238 g/mol.